The zero-order valence-electron chi connectivity index (χ0n) is 23.6. The lowest BCUT2D eigenvalue weighted by Gasteiger charge is -2.43. The first-order valence-corrected chi connectivity index (χ1v) is 13.9. The number of benzene rings is 1. The van der Waals surface area contributed by atoms with Crippen molar-refractivity contribution in [2.24, 2.45) is 0 Å². The van der Waals surface area contributed by atoms with Crippen molar-refractivity contribution in [2.45, 2.75) is 76.9 Å². The number of hydrogen-bond acceptors (Lipinski definition) is 8. The number of hydrogen-bond donors (Lipinski definition) is 2. The first-order valence-electron chi connectivity index (χ1n) is 13.5. The molecule has 1 aromatic carbocycles. The van der Waals surface area contributed by atoms with Crippen molar-refractivity contribution in [1.29, 1.82) is 0 Å². The Morgan fingerprint density at radius 1 is 1.27 bits per heavy atom. The van der Waals surface area contributed by atoms with E-state index in [1.54, 1.807) is 43.2 Å². The van der Waals surface area contributed by atoms with Crippen LogP contribution in [-0.2, 0) is 11.3 Å². The van der Waals surface area contributed by atoms with Crippen molar-refractivity contribution in [1.82, 2.24) is 19.8 Å². The van der Waals surface area contributed by atoms with Crippen LogP contribution in [0.1, 0.15) is 46.1 Å². The number of amides is 1. The van der Waals surface area contributed by atoms with E-state index in [0.717, 1.165) is 18.9 Å². The van der Waals surface area contributed by atoms with E-state index in [9.17, 15) is 14.7 Å². The number of ether oxygens (including phenoxy) is 3. The lowest BCUT2D eigenvalue weighted by molar-refractivity contribution is -0.00492. The monoisotopic (exact) mass is 588 g/mol. The Labute approximate surface area is 242 Å². The average Bonchev–Trinajstić information content (AvgIpc) is 3.20. The van der Waals surface area contributed by atoms with Crippen LogP contribution in [0.4, 0.5) is 9.18 Å². The Bertz CT molecular complexity index is 1520. The number of piperazine rings is 1. The molecule has 2 aliphatic heterocycles. The topological polar surface area (TPSA) is 115 Å². The van der Waals surface area contributed by atoms with Crippen LogP contribution in [0.15, 0.2) is 35.1 Å². The molecular weight excluding hydrogens is 555 g/mol. The highest BCUT2D eigenvalue weighted by Crippen LogP contribution is 2.38. The number of fused-ring (bicyclic) bond motifs is 3. The fourth-order valence-corrected chi connectivity index (χ4v) is 5.89. The number of carbonyl (C=O) groups is 1. The Balaban J connectivity index is 1.49. The molecule has 1 amide bonds. The van der Waals surface area contributed by atoms with E-state index in [2.05, 4.69) is 10.3 Å². The molecule has 2 aromatic heterocycles. The second kappa shape index (κ2) is 11.0. The van der Waals surface area contributed by atoms with Crippen molar-refractivity contribution < 1.29 is 28.5 Å². The molecule has 12 heteroatoms. The third-order valence-electron chi connectivity index (χ3n) is 7.55. The Morgan fingerprint density at radius 2 is 1.98 bits per heavy atom. The summed E-state index contributed by atoms with van der Waals surface area (Å²) in [5, 5.41) is 13.7. The maximum Gasteiger partial charge on any atom is 0.410 e. The standard InChI is InChI=1S/C29H34ClFN4O6/c1-15(24-19-11-8-17(13-32-24)35(19)28(38)41-29(2,3)4)40-27-22-20(36)12-21(37)34(25(22)23(31)26(30)33-27)14-16-6-9-18(39-5)10-7-16/h6-7,9-10,12,15,17,19,24,32,36H,8,11,13-14H2,1-5H3/t15-,17-,19+,24+/m0/s1. The zero-order valence-corrected chi connectivity index (χ0v) is 24.4. The van der Waals surface area contributed by atoms with Crippen molar-refractivity contribution in [3.63, 3.8) is 0 Å². The van der Waals surface area contributed by atoms with Crippen molar-refractivity contribution in [3.8, 4) is 17.4 Å². The van der Waals surface area contributed by atoms with Gasteiger partial charge in [0.25, 0.3) is 5.56 Å². The number of rotatable bonds is 6. The van der Waals surface area contributed by atoms with Gasteiger partial charge in [-0.1, -0.05) is 23.7 Å². The molecule has 0 saturated carbocycles. The molecule has 10 nitrogen and oxygen atoms in total. The fraction of sp³-hybridized carbons (Fsp3) is 0.483. The molecule has 0 spiro atoms. The highest BCUT2D eigenvalue weighted by molar-refractivity contribution is 6.30. The number of aromatic hydroxyl groups is 1. The number of aromatic nitrogens is 2. The summed E-state index contributed by atoms with van der Waals surface area (Å²) in [7, 11) is 1.54. The van der Waals surface area contributed by atoms with Gasteiger partial charge in [-0.15, -0.1) is 0 Å². The van der Waals surface area contributed by atoms with Gasteiger partial charge in [-0.2, -0.15) is 4.98 Å². The zero-order chi connectivity index (χ0) is 29.6. The number of halogens is 2. The van der Waals surface area contributed by atoms with Gasteiger partial charge < -0.3 is 29.2 Å². The average molecular weight is 589 g/mol. The molecule has 2 bridgehead atoms. The first-order chi connectivity index (χ1) is 19.4. The van der Waals surface area contributed by atoms with Crippen molar-refractivity contribution in [2.75, 3.05) is 13.7 Å². The minimum Gasteiger partial charge on any atom is -0.507 e. The minimum absolute atomic E-state index is 0.00432. The SMILES string of the molecule is COc1ccc(Cn2c(=O)cc(O)c3c(O[C@@H](C)[C@H]4NC[C@@H]5CC[C@H]4N5C(=O)OC(C)(C)C)nc(Cl)c(F)c32)cc1. The molecule has 2 fully saturated rings. The molecule has 5 rings (SSSR count). The Hall–Kier alpha value is -3.57. The van der Waals surface area contributed by atoms with E-state index in [-0.39, 0.29) is 47.5 Å². The molecule has 2 N–H and O–H groups in total. The Morgan fingerprint density at radius 3 is 2.63 bits per heavy atom. The van der Waals surface area contributed by atoms with Gasteiger partial charge >= 0.3 is 6.09 Å². The van der Waals surface area contributed by atoms with E-state index in [1.165, 1.54) is 4.57 Å². The van der Waals surface area contributed by atoms with Gasteiger partial charge in [-0.25, -0.2) is 9.18 Å². The van der Waals surface area contributed by atoms with Gasteiger partial charge in [-0.05, 0) is 58.2 Å². The summed E-state index contributed by atoms with van der Waals surface area (Å²) < 4.78 is 33.8. The number of methoxy groups -OCH3 is 1. The van der Waals surface area contributed by atoms with Crippen LogP contribution in [0.2, 0.25) is 5.15 Å². The number of nitrogens with one attached hydrogen (secondary N) is 1. The lowest BCUT2D eigenvalue weighted by atomic mass is 10.0. The summed E-state index contributed by atoms with van der Waals surface area (Å²) in [5.74, 6) is -0.914. The molecule has 4 heterocycles. The normalized spacial score (nSPS) is 21.1. The van der Waals surface area contributed by atoms with Crippen LogP contribution < -0.4 is 20.3 Å². The molecule has 4 atom stereocenters. The minimum atomic E-state index is -0.950. The molecular formula is C29H34ClFN4O6. The Kier molecular flexibility index (Phi) is 7.78. The molecule has 2 aliphatic rings. The van der Waals surface area contributed by atoms with Gasteiger partial charge in [0, 0.05) is 18.7 Å². The van der Waals surface area contributed by atoms with Gasteiger partial charge in [0.1, 0.15) is 28.6 Å². The van der Waals surface area contributed by atoms with Gasteiger partial charge in [0.2, 0.25) is 5.88 Å². The fourth-order valence-electron chi connectivity index (χ4n) is 5.72. The summed E-state index contributed by atoms with van der Waals surface area (Å²) in [4.78, 5) is 31.9. The largest absolute Gasteiger partial charge is 0.507 e. The predicted octanol–water partition coefficient (Wildman–Crippen LogP) is 4.46. The molecule has 2 saturated heterocycles. The lowest BCUT2D eigenvalue weighted by Crippen LogP contribution is -2.64. The second-order valence-corrected chi connectivity index (χ2v) is 11.8. The van der Waals surface area contributed by atoms with Crippen LogP contribution in [-0.4, -0.2) is 69.1 Å². The van der Waals surface area contributed by atoms with Gasteiger partial charge in [0.05, 0.1) is 31.3 Å². The third-order valence-corrected chi connectivity index (χ3v) is 7.80. The first kappa shape index (κ1) is 28.9. The van der Waals surface area contributed by atoms with Crippen LogP contribution in [0.5, 0.6) is 17.4 Å². The predicted molar refractivity (Wildman–Crippen MR) is 151 cm³/mol. The number of nitrogens with zero attached hydrogens (tertiary/aromatic N) is 3. The smallest absolute Gasteiger partial charge is 0.410 e. The molecule has 41 heavy (non-hydrogen) atoms. The highest BCUT2D eigenvalue weighted by atomic mass is 35.5. The highest BCUT2D eigenvalue weighted by Gasteiger charge is 2.48. The summed E-state index contributed by atoms with van der Waals surface area (Å²) >= 11 is 6.21. The van der Waals surface area contributed by atoms with Gasteiger partial charge in [-0.3, -0.25) is 9.69 Å². The number of carbonyl (C=O) groups excluding carboxylic acids is 1. The maximum absolute atomic E-state index is 15.5. The van der Waals surface area contributed by atoms with Crippen molar-refractivity contribution >= 4 is 28.6 Å². The molecule has 0 radical (unpaired) electrons. The molecule has 0 unspecified atom stereocenters. The van der Waals surface area contributed by atoms with Crippen LogP contribution >= 0.6 is 11.6 Å². The third kappa shape index (κ3) is 5.65. The summed E-state index contributed by atoms with van der Waals surface area (Å²) in [6.07, 6.45) is 0.613. The van der Waals surface area contributed by atoms with E-state index in [4.69, 9.17) is 25.8 Å². The quantitative estimate of drug-likeness (QED) is 0.406. The molecule has 220 valence electrons. The van der Waals surface area contributed by atoms with Crippen LogP contribution in [0, 0.1) is 5.82 Å². The second-order valence-electron chi connectivity index (χ2n) is 11.5. The molecule has 0 aliphatic carbocycles. The van der Waals surface area contributed by atoms with E-state index in [0.29, 0.717) is 17.9 Å². The van der Waals surface area contributed by atoms with Crippen molar-refractivity contribution in [3.05, 3.63) is 57.2 Å². The summed E-state index contributed by atoms with van der Waals surface area (Å²) in [6.45, 7) is 7.85. The summed E-state index contributed by atoms with van der Waals surface area (Å²) in [6, 6.07) is 7.47. The van der Waals surface area contributed by atoms with E-state index < -0.39 is 34.0 Å². The van der Waals surface area contributed by atoms with Crippen LogP contribution in [0.3, 0.4) is 0 Å². The number of pyridine rings is 2. The van der Waals surface area contributed by atoms with Crippen LogP contribution in [0.25, 0.3) is 10.9 Å². The summed E-state index contributed by atoms with van der Waals surface area (Å²) in [5.41, 5.74) is -0.774. The molecule has 3 aromatic rings. The maximum atomic E-state index is 15.5. The van der Waals surface area contributed by atoms with Gasteiger partial charge in [0.15, 0.2) is 11.0 Å². The van der Waals surface area contributed by atoms with E-state index in [1.807, 2.05) is 20.8 Å². The van der Waals surface area contributed by atoms with E-state index >= 15 is 4.39 Å².